The lowest BCUT2D eigenvalue weighted by molar-refractivity contribution is -0.168. The molecule has 3 rings (SSSR count). The first-order valence-electron chi connectivity index (χ1n) is 8.24. The molecule has 0 atom stereocenters. The number of esters is 1. The molecule has 0 spiro atoms. The summed E-state index contributed by atoms with van der Waals surface area (Å²) in [6.45, 7) is -1.21. The van der Waals surface area contributed by atoms with Crippen LogP contribution in [0.4, 0.5) is 17.6 Å². The third kappa shape index (κ3) is 3.77. The smallest absolute Gasteiger partial charge is 0.396 e. The van der Waals surface area contributed by atoms with E-state index in [0.717, 1.165) is 0 Å². The van der Waals surface area contributed by atoms with Gasteiger partial charge in [0.2, 0.25) is 0 Å². The average Bonchev–Trinajstić information content (AvgIpc) is 2.64. The predicted molar refractivity (Wildman–Crippen MR) is 95.9 cm³/mol. The van der Waals surface area contributed by atoms with E-state index in [1.54, 1.807) is 48.5 Å². The summed E-state index contributed by atoms with van der Waals surface area (Å²) in [5, 5.41) is -3.54. The van der Waals surface area contributed by atoms with Crippen molar-refractivity contribution in [2.24, 2.45) is 0 Å². The fourth-order valence-corrected chi connectivity index (χ4v) is 3.37. The van der Waals surface area contributed by atoms with Gasteiger partial charge in [-0.15, -0.1) is 0 Å². The van der Waals surface area contributed by atoms with Gasteiger partial charge in [0.1, 0.15) is 0 Å². The Morgan fingerprint density at radius 1 is 0.931 bits per heavy atom. The predicted octanol–water partition coefficient (Wildman–Crippen LogP) is 4.31. The number of carbonyl (C=O) groups excluding carboxylic acids is 1. The number of ether oxygens (including phenoxy) is 1. The standard InChI is InChI=1S/C19H14F4O5S/c20-18(21,19(22,23)29(25,26)27)9-10-28-17(24)16-14-7-3-1-5-12(14)11-13-6-2-4-8-15(13)16/h1-8,11H,9-10H2,(H,25,26,27)/p-1. The van der Waals surface area contributed by atoms with Crippen LogP contribution in [0, 0.1) is 0 Å². The highest BCUT2D eigenvalue weighted by Gasteiger charge is 2.61. The van der Waals surface area contributed by atoms with Crippen molar-refractivity contribution in [3.05, 3.63) is 60.2 Å². The molecule has 0 bridgehead atoms. The summed E-state index contributed by atoms with van der Waals surface area (Å²) in [6, 6.07) is 15.3. The van der Waals surface area contributed by atoms with Crippen LogP contribution in [0.3, 0.4) is 0 Å². The molecule has 0 aliphatic rings. The minimum absolute atomic E-state index is 0.0604. The molecular weight excluding hydrogens is 416 g/mol. The monoisotopic (exact) mass is 429 g/mol. The van der Waals surface area contributed by atoms with E-state index < -0.39 is 40.3 Å². The number of carbonyl (C=O) groups is 1. The molecule has 5 nitrogen and oxygen atoms in total. The number of hydrogen-bond donors (Lipinski definition) is 0. The molecule has 0 aliphatic heterocycles. The van der Waals surface area contributed by atoms with Crippen LogP contribution in [0.25, 0.3) is 21.5 Å². The molecule has 0 heterocycles. The largest absolute Gasteiger partial charge is 0.743 e. The molecule has 0 radical (unpaired) electrons. The van der Waals surface area contributed by atoms with Crippen molar-refractivity contribution in [2.45, 2.75) is 17.6 Å². The molecule has 0 unspecified atom stereocenters. The summed E-state index contributed by atoms with van der Waals surface area (Å²) in [4.78, 5) is 12.6. The van der Waals surface area contributed by atoms with Gasteiger partial charge in [-0.25, -0.2) is 13.2 Å². The first-order valence-corrected chi connectivity index (χ1v) is 9.65. The highest BCUT2D eigenvalue weighted by molar-refractivity contribution is 7.86. The number of benzene rings is 3. The maximum Gasteiger partial charge on any atom is 0.396 e. The first-order chi connectivity index (χ1) is 13.5. The lowest BCUT2D eigenvalue weighted by atomic mass is 9.97. The molecule has 0 amide bonds. The van der Waals surface area contributed by atoms with Crippen LogP contribution in [-0.2, 0) is 14.9 Å². The van der Waals surface area contributed by atoms with Crippen molar-refractivity contribution in [1.29, 1.82) is 0 Å². The minimum Gasteiger partial charge on any atom is -0.743 e. The maximum absolute atomic E-state index is 13.5. The van der Waals surface area contributed by atoms with Crippen molar-refractivity contribution in [3.63, 3.8) is 0 Å². The molecule has 0 saturated heterocycles. The van der Waals surface area contributed by atoms with E-state index >= 15 is 0 Å². The SMILES string of the molecule is O=C(OCCC(F)(F)C(F)(F)S(=O)(=O)[O-])c1c2ccccc2cc2ccccc12. The summed E-state index contributed by atoms with van der Waals surface area (Å²) in [7, 11) is -6.59. The van der Waals surface area contributed by atoms with Gasteiger partial charge in [-0.1, -0.05) is 48.5 Å². The molecule has 0 aromatic heterocycles. The molecular formula is C19H13F4O5S-. The fourth-order valence-electron chi connectivity index (χ4n) is 2.91. The summed E-state index contributed by atoms with van der Waals surface area (Å²) in [5.74, 6) is -6.24. The van der Waals surface area contributed by atoms with Crippen molar-refractivity contribution in [1.82, 2.24) is 0 Å². The molecule has 0 N–H and O–H groups in total. The molecule has 29 heavy (non-hydrogen) atoms. The Labute approximate surface area is 162 Å². The van der Waals surface area contributed by atoms with Crippen LogP contribution in [0.1, 0.15) is 16.8 Å². The summed E-state index contributed by atoms with van der Waals surface area (Å²) in [5.41, 5.74) is 0.0604. The van der Waals surface area contributed by atoms with Gasteiger partial charge in [0.15, 0.2) is 10.1 Å². The van der Waals surface area contributed by atoms with Crippen LogP contribution in [0.5, 0.6) is 0 Å². The Kier molecular flexibility index (Phi) is 5.26. The van der Waals surface area contributed by atoms with Crippen LogP contribution in [0.15, 0.2) is 54.6 Å². The van der Waals surface area contributed by atoms with Crippen molar-refractivity contribution >= 4 is 37.6 Å². The molecule has 3 aromatic carbocycles. The normalized spacial score (nSPS) is 13.0. The van der Waals surface area contributed by atoms with Gasteiger partial charge >= 0.3 is 17.1 Å². The van der Waals surface area contributed by atoms with Crippen LogP contribution < -0.4 is 0 Å². The quantitative estimate of drug-likeness (QED) is 0.252. The van der Waals surface area contributed by atoms with Gasteiger partial charge in [0.05, 0.1) is 18.6 Å². The number of hydrogen-bond acceptors (Lipinski definition) is 5. The summed E-state index contributed by atoms with van der Waals surface area (Å²) < 4.78 is 89.4. The van der Waals surface area contributed by atoms with Crippen molar-refractivity contribution in [3.8, 4) is 0 Å². The molecule has 154 valence electrons. The third-order valence-electron chi connectivity index (χ3n) is 4.36. The molecule has 0 aliphatic carbocycles. The van der Waals surface area contributed by atoms with Gasteiger partial charge in [-0.05, 0) is 27.6 Å². The van der Waals surface area contributed by atoms with Gasteiger partial charge in [-0.3, -0.25) is 0 Å². The Morgan fingerprint density at radius 2 is 1.41 bits per heavy atom. The van der Waals surface area contributed by atoms with E-state index in [9.17, 15) is 35.3 Å². The van der Waals surface area contributed by atoms with Crippen LogP contribution in [0.2, 0.25) is 0 Å². The number of fused-ring (bicyclic) bond motifs is 2. The third-order valence-corrected chi connectivity index (χ3v) is 5.29. The zero-order valence-corrected chi connectivity index (χ0v) is 15.4. The highest BCUT2D eigenvalue weighted by Crippen LogP contribution is 2.40. The molecule has 3 aromatic rings. The molecule has 10 heteroatoms. The Balaban J connectivity index is 1.89. The average molecular weight is 429 g/mol. The highest BCUT2D eigenvalue weighted by atomic mass is 32.2. The summed E-state index contributed by atoms with van der Waals surface area (Å²) in [6.07, 6.45) is -1.84. The van der Waals surface area contributed by atoms with E-state index in [1.165, 1.54) is 0 Å². The van der Waals surface area contributed by atoms with Gasteiger partial charge in [0, 0.05) is 0 Å². The van der Waals surface area contributed by atoms with Crippen molar-refractivity contribution in [2.75, 3.05) is 6.61 Å². The minimum atomic E-state index is -6.59. The van der Waals surface area contributed by atoms with Crippen molar-refractivity contribution < 1.29 is 40.1 Å². The van der Waals surface area contributed by atoms with Gasteiger partial charge < -0.3 is 9.29 Å². The van der Waals surface area contributed by atoms with Gasteiger partial charge in [-0.2, -0.15) is 17.6 Å². The zero-order valence-electron chi connectivity index (χ0n) is 14.6. The Bertz CT molecular complexity index is 1140. The summed E-state index contributed by atoms with van der Waals surface area (Å²) >= 11 is 0. The topological polar surface area (TPSA) is 83.5 Å². The molecule has 0 fully saturated rings. The number of halogens is 4. The van der Waals surface area contributed by atoms with E-state index in [0.29, 0.717) is 21.5 Å². The number of alkyl halides is 4. The lowest BCUT2D eigenvalue weighted by Gasteiger charge is -2.28. The Hall–Kier alpha value is -2.72. The van der Waals surface area contributed by atoms with E-state index in [1.807, 2.05) is 6.07 Å². The maximum atomic E-state index is 13.5. The van der Waals surface area contributed by atoms with Crippen LogP contribution >= 0.6 is 0 Å². The van der Waals surface area contributed by atoms with E-state index in [4.69, 9.17) is 4.74 Å². The second-order valence-corrected chi connectivity index (χ2v) is 7.68. The number of rotatable bonds is 6. The Morgan fingerprint density at radius 3 is 1.90 bits per heavy atom. The van der Waals surface area contributed by atoms with Crippen LogP contribution in [-0.4, -0.2) is 36.7 Å². The zero-order chi connectivity index (χ0) is 21.4. The second kappa shape index (κ2) is 7.27. The van der Waals surface area contributed by atoms with E-state index in [2.05, 4.69) is 0 Å². The fraction of sp³-hybridized carbons (Fsp3) is 0.211. The first kappa shape index (κ1) is 21.0. The van der Waals surface area contributed by atoms with E-state index in [-0.39, 0.29) is 5.56 Å². The second-order valence-electron chi connectivity index (χ2n) is 6.26. The van der Waals surface area contributed by atoms with Gasteiger partial charge in [0.25, 0.3) is 0 Å². The lowest BCUT2D eigenvalue weighted by Crippen LogP contribution is -2.47. The molecule has 0 saturated carbocycles.